The number of carbonyl (C=O) groups excluding carboxylic acids is 2. The zero-order chi connectivity index (χ0) is 23.3. The summed E-state index contributed by atoms with van der Waals surface area (Å²) in [4.78, 5) is 28.1. The number of alkyl halides is 3. The lowest BCUT2D eigenvalue weighted by Crippen LogP contribution is -2.42. The molecule has 1 heterocycles. The van der Waals surface area contributed by atoms with Crippen LogP contribution >= 0.6 is 0 Å². The molecule has 0 fully saturated rings. The minimum atomic E-state index is -4.51. The zero-order valence-electron chi connectivity index (χ0n) is 17.5. The quantitative estimate of drug-likeness (QED) is 0.561. The third kappa shape index (κ3) is 5.54. The summed E-state index contributed by atoms with van der Waals surface area (Å²) in [6, 6.07) is 13.3. The normalized spacial score (nSPS) is 12.3. The first kappa shape index (κ1) is 23.1. The Morgan fingerprint density at radius 1 is 1.12 bits per heavy atom. The average molecular weight is 445 g/mol. The van der Waals surface area contributed by atoms with E-state index in [1.807, 2.05) is 30.3 Å². The van der Waals surface area contributed by atoms with Crippen LogP contribution in [0.15, 0.2) is 60.9 Å². The first-order valence-electron chi connectivity index (χ1n) is 9.79. The number of esters is 1. The number of aromatic nitrogens is 2. The number of amides is 1. The van der Waals surface area contributed by atoms with Crippen molar-refractivity contribution in [2.75, 3.05) is 7.11 Å². The number of hydrogen-bond donors (Lipinski definition) is 1. The molecule has 3 aromatic rings. The van der Waals surface area contributed by atoms with Gasteiger partial charge in [-0.05, 0) is 17.7 Å². The van der Waals surface area contributed by atoms with Gasteiger partial charge in [0.2, 0.25) is 5.91 Å². The lowest BCUT2D eigenvalue weighted by molar-refractivity contribution is -0.144. The SMILES string of the molecule is COC(=O)C(Cc1ncn(Cc2ccccc2)c1-c1cccc(C(F)(F)F)c1)NC(C)=O. The number of rotatable bonds is 7. The summed E-state index contributed by atoms with van der Waals surface area (Å²) in [5.41, 5.74) is 1.23. The largest absolute Gasteiger partial charge is 0.467 e. The van der Waals surface area contributed by atoms with E-state index in [9.17, 15) is 22.8 Å². The first-order chi connectivity index (χ1) is 15.2. The Bertz CT molecular complexity index is 1090. The summed E-state index contributed by atoms with van der Waals surface area (Å²) in [6.07, 6.45) is -3.04. The molecule has 6 nitrogen and oxygen atoms in total. The van der Waals surface area contributed by atoms with Gasteiger partial charge in [0.15, 0.2) is 0 Å². The number of halogens is 3. The van der Waals surface area contributed by atoms with Gasteiger partial charge in [-0.2, -0.15) is 13.2 Å². The van der Waals surface area contributed by atoms with Crippen molar-refractivity contribution < 1.29 is 27.5 Å². The summed E-state index contributed by atoms with van der Waals surface area (Å²) in [5, 5.41) is 2.51. The lowest BCUT2D eigenvalue weighted by atomic mass is 10.0. The van der Waals surface area contributed by atoms with Crippen LogP contribution in [0.3, 0.4) is 0 Å². The van der Waals surface area contributed by atoms with Gasteiger partial charge in [-0.25, -0.2) is 9.78 Å². The van der Waals surface area contributed by atoms with E-state index in [1.165, 1.54) is 26.4 Å². The number of ether oxygens (including phenoxy) is 1. The van der Waals surface area contributed by atoms with Gasteiger partial charge >= 0.3 is 12.1 Å². The molecule has 1 amide bonds. The highest BCUT2D eigenvalue weighted by atomic mass is 19.4. The van der Waals surface area contributed by atoms with Crippen LogP contribution in [0.25, 0.3) is 11.3 Å². The maximum Gasteiger partial charge on any atom is 0.416 e. The lowest BCUT2D eigenvalue weighted by Gasteiger charge is -2.17. The van der Waals surface area contributed by atoms with Gasteiger partial charge in [0.1, 0.15) is 6.04 Å². The van der Waals surface area contributed by atoms with E-state index in [-0.39, 0.29) is 6.42 Å². The molecule has 1 unspecified atom stereocenters. The second kappa shape index (κ2) is 9.67. The number of benzene rings is 2. The second-order valence-corrected chi connectivity index (χ2v) is 7.21. The highest BCUT2D eigenvalue weighted by Crippen LogP contribution is 2.33. The number of carbonyl (C=O) groups is 2. The molecule has 1 N–H and O–H groups in total. The molecular formula is C23H22F3N3O3. The third-order valence-electron chi connectivity index (χ3n) is 4.83. The predicted octanol–water partition coefficient (Wildman–Crippen LogP) is 3.84. The summed E-state index contributed by atoms with van der Waals surface area (Å²) in [6.45, 7) is 1.63. The second-order valence-electron chi connectivity index (χ2n) is 7.21. The fourth-order valence-electron chi connectivity index (χ4n) is 3.42. The van der Waals surface area contributed by atoms with E-state index in [4.69, 9.17) is 4.74 Å². The Morgan fingerprint density at radius 3 is 2.47 bits per heavy atom. The smallest absolute Gasteiger partial charge is 0.416 e. The molecule has 168 valence electrons. The Labute approximate surface area is 183 Å². The van der Waals surface area contributed by atoms with Gasteiger partial charge in [-0.3, -0.25) is 4.79 Å². The maximum atomic E-state index is 13.3. The monoisotopic (exact) mass is 445 g/mol. The first-order valence-corrected chi connectivity index (χ1v) is 9.79. The Hall–Kier alpha value is -3.62. The molecule has 0 bridgehead atoms. The van der Waals surface area contributed by atoms with Crippen molar-refractivity contribution >= 4 is 11.9 Å². The van der Waals surface area contributed by atoms with Crippen molar-refractivity contribution in [3.63, 3.8) is 0 Å². The van der Waals surface area contributed by atoms with E-state index in [1.54, 1.807) is 10.6 Å². The number of methoxy groups -OCH3 is 1. The van der Waals surface area contributed by atoms with Crippen molar-refractivity contribution in [3.05, 3.63) is 77.7 Å². The molecular weight excluding hydrogens is 423 g/mol. The molecule has 1 aromatic heterocycles. The third-order valence-corrected chi connectivity index (χ3v) is 4.83. The van der Waals surface area contributed by atoms with Gasteiger partial charge in [0.05, 0.1) is 30.4 Å². The van der Waals surface area contributed by atoms with Crippen molar-refractivity contribution in [2.45, 2.75) is 32.1 Å². The van der Waals surface area contributed by atoms with Gasteiger partial charge < -0.3 is 14.6 Å². The van der Waals surface area contributed by atoms with Crippen LogP contribution < -0.4 is 5.32 Å². The summed E-state index contributed by atoms with van der Waals surface area (Å²) in [5.74, 6) is -1.11. The van der Waals surface area contributed by atoms with Gasteiger partial charge in [-0.1, -0.05) is 42.5 Å². The number of nitrogens with zero attached hydrogens (tertiary/aromatic N) is 2. The van der Waals surface area contributed by atoms with Crippen molar-refractivity contribution in [2.24, 2.45) is 0 Å². The molecule has 3 rings (SSSR count). The van der Waals surface area contributed by atoms with Crippen LogP contribution in [-0.4, -0.2) is 34.6 Å². The van der Waals surface area contributed by atoms with Crippen molar-refractivity contribution in [1.29, 1.82) is 0 Å². The van der Waals surface area contributed by atoms with E-state index in [2.05, 4.69) is 10.3 Å². The van der Waals surface area contributed by atoms with E-state index in [0.29, 0.717) is 23.5 Å². The molecule has 0 spiro atoms. The zero-order valence-corrected chi connectivity index (χ0v) is 17.5. The van der Waals surface area contributed by atoms with Crippen molar-refractivity contribution in [3.8, 4) is 11.3 Å². The summed E-state index contributed by atoms with van der Waals surface area (Å²) >= 11 is 0. The van der Waals surface area contributed by atoms with E-state index < -0.39 is 29.7 Å². The molecule has 0 radical (unpaired) electrons. The number of hydrogen-bond acceptors (Lipinski definition) is 4. The topological polar surface area (TPSA) is 73.2 Å². The maximum absolute atomic E-state index is 13.3. The van der Waals surface area contributed by atoms with Crippen LogP contribution in [0.1, 0.15) is 23.7 Å². The fourth-order valence-corrected chi connectivity index (χ4v) is 3.42. The predicted molar refractivity (Wildman–Crippen MR) is 112 cm³/mol. The standard InChI is InChI=1S/C23H22F3N3O3/c1-15(30)28-20(22(31)32-2)12-19-21(17-9-6-10-18(11-17)23(24,25)26)29(14-27-19)13-16-7-4-3-5-8-16/h3-11,14,20H,12-13H2,1-2H3,(H,28,30). The Kier molecular flexibility index (Phi) is 6.97. The molecule has 9 heteroatoms. The Balaban J connectivity index is 2.08. The van der Waals surface area contributed by atoms with Crippen LogP contribution in [0.4, 0.5) is 13.2 Å². The number of nitrogens with one attached hydrogen (secondary N) is 1. The fraction of sp³-hybridized carbons (Fsp3) is 0.261. The van der Waals surface area contributed by atoms with Gasteiger partial charge in [0.25, 0.3) is 0 Å². The minimum Gasteiger partial charge on any atom is -0.467 e. The highest BCUT2D eigenvalue weighted by molar-refractivity contribution is 5.83. The average Bonchev–Trinajstić information content (AvgIpc) is 3.14. The van der Waals surface area contributed by atoms with Crippen LogP contribution in [0, 0.1) is 0 Å². The van der Waals surface area contributed by atoms with Crippen LogP contribution in [0.5, 0.6) is 0 Å². The van der Waals surface area contributed by atoms with Gasteiger partial charge in [0, 0.05) is 25.5 Å². The Morgan fingerprint density at radius 2 is 1.84 bits per heavy atom. The molecule has 2 aromatic carbocycles. The van der Waals surface area contributed by atoms with E-state index in [0.717, 1.165) is 17.7 Å². The van der Waals surface area contributed by atoms with Crippen LogP contribution in [-0.2, 0) is 33.5 Å². The summed E-state index contributed by atoms with van der Waals surface area (Å²) < 4.78 is 46.5. The molecule has 0 saturated carbocycles. The number of imidazole rings is 1. The molecule has 0 saturated heterocycles. The minimum absolute atomic E-state index is 0.0420. The summed E-state index contributed by atoms with van der Waals surface area (Å²) in [7, 11) is 1.19. The van der Waals surface area contributed by atoms with Crippen molar-refractivity contribution in [1.82, 2.24) is 14.9 Å². The highest BCUT2D eigenvalue weighted by Gasteiger charge is 2.31. The molecule has 0 aliphatic carbocycles. The molecule has 1 atom stereocenters. The molecule has 0 aliphatic heterocycles. The van der Waals surface area contributed by atoms with E-state index >= 15 is 0 Å². The molecule has 32 heavy (non-hydrogen) atoms. The van der Waals surface area contributed by atoms with Crippen LogP contribution in [0.2, 0.25) is 0 Å². The molecule has 0 aliphatic rings. The van der Waals surface area contributed by atoms with Gasteiger partial charge in [-0.15, -0.1) is 0 Å².